The summed E-state index contributed by atoms with van der Waals surface area (Å²) in [7, 11) is 2.32. The molecule has 0 aromatic heterocycles. The Bertz CT molecular complexity index is 184. The van der Waals surface area contributed by atoms with Crippen molar-refractivity contribution in [2.45, 2.75) is 37.0 Å². The van der Waals surface area contributed by atoms with E-state index < -0.39 is 23.2 Å². The summed E-state index contributed by atoms with van der Waals surface area (Å²) in [6.07, 6.45) is -2.04. The fourth-order valence-corrected chi connectivity index (χ4v) is 1.85. The van der Waals surface area contributed by atoms with Gasteiger partial charge in [-0.3, -0.25) is 0 Å². The van der Waals surface area contributed by atoms with Crippen molar-refractivity contribution in [2.75, 3.05) is 6.61 Å². The van der Waals surface area contributed by atoms with Gasteiger partial charge in [0.2, 0.25) is 0 Å². The maximum atomic E-state index is 9.50. The molecule has 4 nitrogen and oxygen atoms in total. The van der Waals surface area contributed by atoms with Gasteiger partial charge in [0.05, 0.1) is 6.61 Å². The molecule has 0 bridgehead atoms. The molecule has 0 aromatic rings. The molecule has 12 heavy (non-hydrogen) atoms. The lowest BCUT2D eigenvalue weighted by molar-refractivity contribution is -0.104. The average molecular weight is 194 g/mol. The summed E-state index contributed by atoms with van der Waals surface area (Å²) < 4.78 is 5.32. The highest BCUT2D eigenvalue weighted by atomic mass is 31.0. The molecule has 0 saturated carbocycles. The molecule has 5 heteroatoms. The van der Waals surface area contributed by atoms with Crippen LogP contribution in [0.2, 0.25) is 0 Å². The van der Waals surface area contributed by atoms with Gasteiger partial charge in [0.15, 0.2) is 0 Å². The third-order valence-corrected chi connectivity index (χ3v) is 2.74. The van der Waals surface area contributed by atoms with Gasteiger partial charge in [0.25, 0.3) is 0 Å². The molecule has 1 saturated heterocycles. The largest absolute Gasteiger partial charge is 0.393 e. The fourth-order valence-electron chi connectivity index (χ4n) is 1.40. The molecule has 1 aliphatic heterocycles. The quantitative estimate of drug-likeness (QED) is 0.472. The highest BCUT2D eigenvalue weighted by Gasteiger charge is 2.55. The van der Waals surface area contributed by atoms with E-state index in [2.05, 4.69) is 9.24 Å². The van der Waals surface area contributed by atoms with Gasteiger partial charge in [-0.05, 0) is 13.8 Å². The van der Waals surface area contributed by atoms with E-state index in [4.69, 9.17) is 9.84 Å². The lowest BCUT2D eigenvalue weighted by Gasteiger charge is -2.26. The van der Waals surface area contributed by atoms with E-state index >= 15 is 0 Å². The van der Waals surface area contributed by atoms with Crippen LogP contribution >= 0.6 is 9.24 Å². The zero-order valence-electron chi connectivity index (χ0n) is 7.19. The van der Waals surface area contributed by atoms with Crippen molar-refractivity contribution in [2.24, 2.45) is 0 Å². The van der Waals surface area contributed by atoms with E-state index in [0.717, 1.165) is 0 Å². The minimum absolute atomic E-state index is 0.310. The van der Waals surface area contributed by atoms with Gasteiger partial charge in [-0.1, -0.05) is 0 Å². The monoisotopic (exact) mass is 194 g/mol. The maximum Gasteiger partial charge on any atom is 0.118 e. The van der Waals surface area contributed by atoms with Crippen LogP contribution in [0.3, 0.4) is 0 Å². The Labute approximate surface area is 73.7 Å². The molecule has 0 aliphatic carbocycles. The third-order valence-electron chi connectivity index (χ3n) is 2.28. The molecule has 1 rings (SSSR count). The first-order valence-electron chi connectivity index (χ1n) is 3.79. The average Bonchev–Trinajstić information content (AvgIpc) is 2.13. The molecule has 3 N–H and O–H groups in total. The number of aliphatic hydroxyl groups excluding tert-OH is 3. The molecular weight excluding hydrogens is 179 g/mol. The van der Waals surface area contributed by atoms with Crippen molar-refractivity contribution in [3.8, 4) is 0 Å². The van der Waals surface area contributed by atoms with Gasteiger partial charge in [-0.15, -0.1) is 9.24 Å². The Morgan fingerprint density at radius 3 is 2.00 bits per heavy atom. The number of hydrogen-bond acceptors (Lipinski definition) is 4. The first kappa shape index (κ1) is 10.4. The van der Waals surface area contributed by atoms with Crippen LogP contribution in [0.4, 0.5) is 0 Å². The summed E-state index contributed by atoms with van der Waals surface area (Å²) in [5.74, 6) is 0. The molecule has 72 valence electrons. The normalized spacial score (nSPS) is 54.5. The molecule has 0 amide bonds. The van der Waals surface area contributed by atoms with Crippen molar-refractivity contribution in [1.29, 1.82) is 0 Å². The van der Waals surface area contributed by atoms with Crippen LogP contribution in [0.15, 0.2) is 0 Å². The van der Waals surface area contributed by atoms with Crippen LogP contribution in [0.25, 0.3) is 0 Å². The zero-order chi connectivity index (χ0) is 9.57. The van der Waals surface area contributed by atoms with Gasteiger partial charge < -0.3 is 20.1 Å². The molecule has 0 spiro atoms. The van der Waals surface area contributed by atoms with Crippen LogP contribution in [0.1, 0.15) is 13.8 Å². The first-order valence-corrected chi connectivity index (χ1v) is 4.37. The summed E-state index contributed by atoms with van der Waals surface area (Å²) in [5, 5.41) is 27.1. The SMILES string of the molecule is CC1(P)OC(C)(CO)C(O)C1O. The van der Waals surface area contributed by atoms with Gasteiger partial charge in [0, 0.05) is 0 Å². The van der Waals surface area contributed by atoms with Crippen molar-refractivity contribution in [3.63, 3.8) is 0 Å². The van der Waals surface area contributed by atoms with E-state index in [1.165, 1.54) is 0 Å². The summed E-state index contributed by atoms with van der Waals surface area (Å²) in [6, 6.07) is 0. The van der Waals surface area contributed by atoms with Crippen molar-refractivity contribution in [1.82, 2.24) is 0 Å². The first-order chi connectivity index (χ1) is 5.33. The number of aliphatic hydroxyl groups is 3. The molecular formula is C7H15O4P. The van der Waals surface area contributed by atoms with E-state index in [1.807, 2.05) is 0 Å². The molecule has 5 unspecified atom stereocenters. The number of ether oxygens (including phenoxy) is 1. The Morgan fingerprint density at radius 1 is 1.33 bits per heavy atom. The van der Waals surface area contributed by atoms with E-state index in [1.54, 1.807) is 13.8 Å². The summed E-state index contributed by atoms with van der Waals surface area (Å²) in [4.78, 5) is 0. The lowest BCUT2D eigenvalue weighted by atomic mass is 9.98. The fraction of sp³-hybridized carbons (Fsp3) is 1.00. The topological polar surface area (TPSA) is 69.9 Å². The molecule has 0 aromatic carbocycles. The predicted octanol–water partition coefficient (Wildman–Crippen LogP) is -0.919. The molecule has 1 heterocycles. The summed E-state index contributed by atoms with van der Waals surface area (Å²) >= 11 is 0. The van der Waals surface area contributed by atoms with Gasteiger partial charge in [-0.25, -0.2) is 0 Å². The number of rotatable bonds is 1. The van der Waals surface area contributed by atoms with E-state index in [0.29, 0.717) is 0 Å². The van der Waals surface area contributed by atoms with Gasteiger partial charge >= 0.3 is 0 Å². The smallest absolute Gasteiger partial charge is 0.118 e. The van der Waals surface area contributed by atoms with Gasteiger partial charge in [0.1, 0.15) is 23.2 Å². The van der Waals surface area contributed by atoms with Crippen molar-refractivity contribution >= 4 is 9.24 Å². The Kier molecular flexibility index (Phi) is 2.50. The molecule has 1 aliphatic rings. The molecule has 0 radical (unpaired) electrons. The second-order valence-corrected chi connectivity index (χ2v) is 4.79. The minimum Gasteiger partial charge on any atom is -0.393 e. The van der Waals surface area contributed by atoms with Crippen molar-refractivity contribution in [3.05, 3.63) is 0 Å². The second-order valence-electron chi connectivity index (χ2n) is 3.65. The molecule has 5 atom stereocenters. The van der Waals surface area contributed by atoms with Crippen LogP contribution in [0.5, 0.6) is 0 Å². The lowest BCUT2D eigenvalue weighted by Crippen LogP contribution is -2.43. The maximum absolute atomic E-state index is 9.50. The molecule has 1 fully saturated rings. The Balaban J connectivity index is 2.88. The van der Waals surface area contributed by atoms with Crippen LogP contribution in [-0.2, 0) is 4.74 Å². The number of hydrogen-bond donors (Lipinski definition) is 3. The van der Waals surface area contributed by atoms with E-state index in [9.17, 15) is 10.2 Å². The highest BCUT2D eigenvalue weighted by molar-refractivity contribution is 7.18. The van der Waals surface area contributed by atoms with Crippen LogP contribution < -0.4 is 0 Å². The highest BCUT2D eigenvalue weighted by Crippen LogP contribution is 2.41. The standard InChI is InChI=1S/C7H15O4P/c1-6(3-8)4(9)5(10)7(2,12)11-6/h4-5,8-10H,3,12H2,1-2H3. The summed E-state index contributed by atoms with van der Waals surface area (Å²) in [5.41, 5.74) is -1.06. The predicted molar refractivity (Wildman–Crippen MR) is 46.7 cm³/mol. The Morgan fingerprint density at radius 2 is 1.83 bits per heavy atom. The zero-order valence-corrected chi connectivity index (χ0v) is 8.34. The second kappa shape index (κ2) is 2.89. The third kappa shape index (κ3) is 1.38. The van der Waals surface area contributed by atoms with Crippen molar-refractivity contribution < 1.29 is 20.1 Å². The van der Waals surface area contributed by atoms with E-state index in [-0.39, 0.29) is 6.61 Å². The minimum atomic E-state index is -1.06. The Hall–Kier alpha value is 0.270. The van der Waals surface area contributed by atoms with Crippen LogP contribution in [0, 0.1) is 0 Å². The van der Waals surface area contributed by atoms with Gasteiger partial charge in [-0.2, -0.15) is 0 Å². The van der Waals surface area contributed by atoms with Crippen LogP contribution in [-0.4, -0.2) is 45.1 Å². The summed E-state index contributed by atoms with van der Waals surface area (Å²) in [6.45, 7) is 2.90.